The van der Waals surface area contributed by atoms with Gasteiger partial charge in [-0.25, -0.2) is 0 Å². The molecule has 0 unspecified atom stereocenters. The van der Waals surface area contributed by atoms with Crippen LogP contribution in [0.3, 0.4) is 0 Å². The summed E-state index contributed by atoms with van der Waals surface area (Å²) in [4.78, 5) is 10.8. The fraction of sp³-hybridized carbons (Fsp3) is 0.458. The lowest BCUT2D eigenvalue weighted by Gasteiger charge is -2.17. The summed E-state index contributed by atoms with van der Waals surface area (Å²) in [6, 6.07) is 20.5. The summed E-state index contributed by atoms with van der Waals surface area (Å²) in [5.41, 5.74) is 2.56. The van der Waals surface area contributed by atoms with Gasteiger partial charge < -0.3 is 9.90 Å². The number of carbonyl (C=O) groups is 1. The Balaban J connectivity index is 0.000000260. The molecule has 2 aromatic rings. The highest BCUT2D eigenvalue weighted by Crippen LogP contribution is 2.16. The molecule has 0 aliphatic rings. The van der Waals surface area contributed by atoms with E-state index in [0.717, 1.165) is 19.1 Å². The molecule has 0 bridgehead atoms. The quantitative estimate of drug-likeness (QED) is 0.662. The van der Waals surface area contributed by atoms with Gasteiger partial charge in [-0.05, 0) is 41.7 Å². The molecule has 2 nitrogen and oxygen atoms in total. The average Bonchev–Trinajstić information content (AvgIpc) is 2.66. The van der Waals surface area contributed by atoms with Crippen LogP contribution in [0.2, 0.25) is 0 Å². The van der Waals surface area contributed by atoms with Crippen molar-refractivity contribution in [3.63, 3.8) is 0 Å². The van der Waals surface area contributed by atoms with E-state index in [1.54, 1.807) is 0 Å². The molecule has 142 valence electrons. The Morgan fingerprint density at radius 3 is 1.58 bits per heavy atom. The van der Waals surface area contributed by atoms with E-state index in [9.17, 15) is 4.79 Å². The van der Waals surface area contributed by atoms with Gasteiger partial charge in [0.15, 0.2) is 0 Å². The molecule has 2 aromatic carbocycles. The van der Waals surface area contributed by atoms with Crippen LogP contribution in [0, 0.1) is 23.7 Å². The normalized spacial score (nSPS) is 13.0. The van der Waals surface area contributed by atoms with Crippen molar-refractivity contribution in [3.8, 4) is 0 Å². The second-order valence-corrected chi connectivity index (χ2v) is 7.61. The third-order valence-corrected chi connectivity index (χ3v) is 4.86. The Labute approximate surface area is 159 Å². The SMILES string of the molecule is CC(C)[C@@H](C=O)Cc1ccccc1.CC(C)[C@@H](CO)Cc1ccccc1. The molecule has 0 aliphatic carbocycles. The third kappa shape index (κ3) is 8.44. The van der Waals surface area contributed by atoms with Gasteiger partial charge in [0.25, 0.3) is 0 Å². The van der Waals surface area contributed by atoms with Gasteiger partial charge in [-0.2, -0.15) is 0 Å². The van der Waals surface area contributed by atoms with Crippen molar-refractivity contribution in [2.75, 3.05) is 6.61 Å². The third-order valence-electron chi connectivity index (χ3n) is 4.86. The van der Waals surface area contributed by atoms with Crippen LogP contribution in [0.4, 0.5) is 0 Å². The van der Waals surface area contributed by atoms with E-state index in [4.69, 9.17) is 5.11 Å². The van der Waals surface area contributed by atoms with Crippen LogP contribution in [-0.4, -0.2) is 18.0 Å². The van der Waals surface area contributed by atoms with Crippen molar-refractivity contribution in [1.82, 2.24) is 0 Å². The zero-order valence-electron chi connectivity index (χ0n) is 16.6. The molecule has 0 aromatic heterocycles. The summed E-state index contributed by atoms with van der Waals surface area (Å²) in [6.45, 7) is 8.77. The Morgan fingerprint density at radius 2 is 1.23 bits per heavy atom. The molecule has 1 N–H and O–H groups in total. The fourth-order valence-electron chi connectivity index (χ4n) is 2.76. The first-order valence-electron chi connectivity index (χ1n) is 9.61. The lowest BCUT2D eigenvalue weighted by atomic mass is 9.90. The molecule has 2 heteroatoms. The van der Waals surface area contributed by atoms with Crippen molar-refractivity contribution >= 4 is 6.29 Å². The standard InChI is InChI=1S/C12H18O.C12H16O/c2*1-10(2)12(9-13)8-11-6-4-3-5-7-11/h3-7,10,12-13H,8-9H2,1-2H3;3-7,9-10,12H,8H2,1-2H3/t2*12-/m11/s1. The number of hydrogen-bond donors (Lipinski definition) is 1. The van der Waals surface area contributed by atoms with Crippen LogP contribution in [0.25, 0.3) is 0 Å². The number of aldehydes is 1. The molecule has 0 fully saturated rings. The lowest BCUT2D eigenvalue weighted by Crippen LogP contribution is -2.16. The van der Waals surface area contributed by atoms with E-state index in [2.05, 4.69) is 52.0 Å². The van der Waals surface area contributed by atoms with Crippen LogP contribution in [0.5, 0.6) is 0 Å². The van der Waals surface area contributed by atoms with E-state index in [1.165, 1.54) is 11.1 Å². The molecule has 0 saturated heterocycles. The zero-order chi connectivity index (χ0) is 19.4. The van der Waals surface area contributed by atoms with Crippen molar-refractivity contribution in [3.05, 3.63) is 71.8 Å². The first kappa shape index (κ1) is 22.1. The number of carbonyl (C=O) groups excluding carboxylic acids is 1. The number of benzene rings is 2. The molecule has 0 saturated carbocycles. The van der Waals surface area contributed by atoms with Gasteiger partial charge in [0.1, 0.15) is 6.29 Å². The highest BCUT2D eigenvalue weighted by atomic mass is 16.3. The second kappa shape index (κ2) is 12.4. The summed E-state index contributed by atoms with van der Waals surface area (Å²) < 4.78 is 0. The number of aliphatic hydroxyl groups excluding tert-OH is 1. The van der Waals surface area contributed by atoms with Crippen LogP contribution < -0.4 is 0 Å². The van der Waals surface area contributed by atoms with Crippen molar-refractivity contribution in [2.45, 2.75) is 40.5 Å². The molecule has 0 radical (unpaired) electrons. The average molecular weight is 355 g/mol. The smallest absolute Gasteiger partial charge is 0.123 e. The molecule has 2 atom stereocenters. The minimum atomic E-state index is 0.155. The number of aliphatic hydroxyl groups is 1. The van der Waals surface area contributed by atoms with Gasteiger partial charge in [0.2, 0.25) is 0 Å². The van der Waals surface area contributed by atoms with Gasteiger partial charge >= 0.3 is 0 Å². The van der Waals surface area contributed by atoms with Gasteiger partial charge in [-0.15, -0.1) is 0 Å². The van der Waals surface area contributed by atoms with E-state index in [0.29, 0.717) is 17.8 Å². The fourth-order valence-corrected chi connectivity index (χ4v) is 2.76. The van der Waals surface area contributed by atoms with Crippen LogP contribution in [0.15, 0.2) is 60.7 Å². The summed E-state index contributed by atoms with van der Waals surface area (Å²) >= 11 is 0. The maximum Gasteiger partial charge on any atom is 0.123 e. The predicted octanol–water partition coefficient (Wildman–Crippen LogP) is 5.19. The number of rotatable bonds is 8. The van der Waals surface area contributed by atoms with Crippen LogP contribution in [-0.2, 0) is 17.6 Å². The maximum atomic E-state index is 10.8. The molecule has 0 heterocycles. The monoisotopic (exact) mass is 354 g/mol. The minimum absolute atomic E-state index is 0.155. The highest BCUT2D eigenvalue weighted by Gasteiger charge is 2.12. The summed E-state index contributed by atoms with van der Waals surface area (Å²) in [5, 5.41) is 9.16. The molecule has 2 rings (SSSR count). The summed E-state index contributed by atoms with van der Waals surface area (Å²) in [5.74, 6) is 1.52. The van der Waals surface area contributed by atoms with E-state index in [1.807, 2.05) is 36.4 Å². The molecule has 0 aliphatic heterocycles. The summed E-state index contributed by atoms with van der Waals surface area (Å²) in [7, 11) is 0. The van der Waals surface area contributed by atoms with Crippen molar-refractivity contribution < 1.29 is 9.90 Å². The van der Waals surface area contributed by atoms with Crippen molar-refractivity contribution in [1.29, 1.82) is 0 Å². The molecule has 26 heavy (non-hydrogen) atoms. The first-order valence-corrected chi connectivity index (χ1v) is 9.61. The largest absolute Gasteiger partial charge is 0.396 e. The van der Waals surface area contributed by atoms with Gasteiger partial charge in [0, 0.05) is 12.5 Å². The summed E-state index contributed by atoms with van der Waals surface area (Å²) in [6.07, 6.45) is 2.91. The van der Waals surface area contributed by atoms with E-state index in [-0.39, 0.29) is 12.5 Å². The molecule has 0 amide bonds. The van der Waals surface area contributed by atoms with E-state index < -0.39 is 0 Å². The van der Waals surface area contributed by atoms with Crippen molar-refractivity contribution in [2.24, 2.45) is 23.7 Å². The minimum Gasteiger partial charge on any atom is -0.396 e. The maximum absolute atomic E-state index is 10.8. The lowest BCUT2D eigenvalue weighted by molar-refractivity contribution is -0.112. The van der Waals surface area contributed by atoms with Gasteiger partial charge in [-0.3, -0.25) is 0 Å². The number of hydrogen-bond acceptors (Lipinski definition) is 2. The van der Waals surface area contributed by atoms with Crippen LogP contribution in [0.1, 0.15) is 38.8 Å². The Morgan fingerprint density at radius 1 is 0.769 bits per heavy atom. The first-order chi connectivity index (χ1) is 12.5. The topological polar surface area (TPSA) is 37.3 Å². The van der Waals surface area contributed by atoms with Gasteiger partial charge in [-0.1, -0.05) is 88.4 Å². The Bertz CT molecular complexity index is 590. The molecular formula is C24H34O2. The Kier molecular flexibility index (Phi) is 10.6. The highest BCUT2D eigenvalue weighted by molar-refractivity contribution is 5.54. The van der Waals surface area contributed by atoms with Crippen LogP contribution >= 0.6 is 0 Å². The second-order valence-electron chi connectivity index (χ2n) is 7.61. The Hall–Kier alpha value is -1.93. The molecular weight excluding hydrogens is 320 g/mol. The molecule has 0 spiro atoms. The zero-order valence-corrected chi connectivity index (χ0v) is 16.6. The predicted molar refractivity (Wildman–Crippen MR) is 110 cm³/mol. The van der Waals surface area contributed by atoms with E-state index >= 15 is 0 Å². The van der Waals surface area contributed by atoms with Gasteiger partial charge in [0.05, 0.1) is 0 Å².